The number of para-hydroxylation sites is 1. The summed E-state index contributed by atoms with van der Waals surface area (Å²) >= 11 is 0. The second kappa shape index (κ2) is 12.9. The maximum absolute atomic E-state index is 11.9. The lowest BCUT2D eigenvalue weighted by molar-refractivity contribution is -0.0444. The van der Waals surface area contributed by atoms with Crippen LogP contribution in [-0.2, 0) is 22.7 Å². The van der Waals surface area contributed by atoms with Crippen molar-refractivity contribution in [2.45, 2.75) is 69.5 Å². The first-order chi connectivity index (χ1) is 18.7. The molecule has 1 N–H and O–H groups in total. The minimum atomic E-state index is -0.903. The molecular formula is C32H37NO5. The molecule has 1 amide bonds. The van der Waals surface area contributed by atoms with Crippen molar-refractivity contribution >= 4 is 6.09 Å². The molecule has 6 nitrogen and oxygen atoms in total. The van der Waals surface area contributed by atoms with Crippen LogP contribution in [-0.4, -0.2) is 47.5 Å². The minimum absolute atomic E-state index is 0.134. The van der Waals surface area contributed by atoms with Crippen LogP contribution < -0.4 is 4.74 Å². The molecular weight excluding hydrogens is 478 g/mol. The van der Waals surface area contributed by atoms with Crippen LogP contribution in [0.25, 0.3) is 0 Å². The summed E-state index contributed by atoms with van der Waals surface area (Å²) in [5.74, 6) is 1.40. The zero-order chi connectivity index (χ0) is 26.2. The van der Waals surface area contributed by atoms with E-state index >= 15 is 0 Å². The number of hydrogen-bond donors (Lipinski definition) is 1. The van der Waals surface area contributed by atoms with E-state index in [9.17, 15) is 9.90 Å². The standard InChI is InChI=1S/C32H37NO5/c34-32(35)33-20-19-31(38-22-25-11-5-2-6-12-25)29(33)23-36-27-17-15-26(16-18-27)28-13-7-8-14-30(28)37-21-24-9-3-1-4-10-24/h1-14,26-27,29,31H,15-23H2,(H,34,35)/t26?,27?,29-,31+/m0/s1. The molecule has 200 valence electrons. The molecule has 38 heavy (non-hydrogen) atoms. The summed E-state index contributed by atoms with van der Waals surface area (Å²) < 4.78 is 18.7. The first-order valence-corrected chi connectivity index (χ1v) is 13.7. The number of carbonyl (C=O) groups is 1. The average Bonchev–Trinajstić information content (AvgIpc) is 3.38. The van der Waals surface area contributed by atoms with Crippen molar-refractivity contribution in [3.63, 3.8) is 0 Å². The largest absolute Gasteiger partial charge is 0.489 e. The van der Waals surface area contributed by atoms with Gasteiger partial charge in [-0.1, -0.05) is 78.9 Å². The van der Waals surface area contributed by atoms with Crippen molar-refractivity contribution in [2.75, 3.05) is 13.2 Å². The predicted octanol–water partition coefficient (Wildman–Crippen LogP) is 6.65. The molecule has 0 unspecified atom stereocenters. The van der Waals surface area contributed by atoms with Crippen molar-refractivity contribution < 1.29 is 24.1 Å². The maximum atomic E-state index is 11.9. The van der Waals surface area contributed by atoms with Crippen LogP contribution in [0.5, 0.6) is 5.75 Å². The fourth-order valence-electron chi connectivity index (χ4n) is 5.69. The Morgan fingerprint density at radius 3 is 2.08 bits per heavy atom. The van der Waals surface area contributed by atoms with Crippen molar-refractivity contribution in [3.05, 3.63) is 102 Å². The van der Waals surface area contributed by atoms with E-state index in [4.69, 9.17) is 14.2 Å². The van der Waals surface area contributed by atoms with Gasteiger partial charge in [0, 0.05) is 6.54 Å². The summed E-state index contributed by atoms with van der Waals surface area (Å²) in [5, 5.41) is 9.73. The van der Waals surface area contributed by atoms with Gasteiger partial charge in [0.1, 0.15) is 12.4 Å². The lowest BCUT2D eigenvalue weighted by Crippen LogP contribution is -2.43. The number of nitrogens with zero attached hydrogens (tertiary/aromatic N) is 1. The van der Waals surface area contributed by atoms with E-state index in [1.807, 2.05) is 54.6 Å². The van der Waals surface area contributed by atoms with Crippen LogP contribution in [0.15, 0.2) is 84.9 Å². The van der Waals surface area contributed by atoms with E-state index in [2.05, 4.69) is 30.3 Å². The fourth-order valence-corrected chi connectivity index (χ4v) is 5.69. The van der Waals surface area contributed by atoms with Gasteiger partial charge >= 0.3 is 6.09 Å². The van der Waals surface area contributed by atoms with Crippen LogP contribution in [0, 0.1) is 0 Å². The molecule has 1 saturated carbocycles. The predicted molar refractivity (Wildman–Crippen MR) is 146 cm³/mol. The SMILES string of the molecule is O=C(O)N1CC[C@@H](OCc2ccccc2)[C@@H]1COC1CCC(c2ccccc2OCc2ccccc2)CC1. The highest BCUT2D eigenvalue weighted by Gasteiger charge is 2.39. The van der Waals surface area contributed by atoms with Gasteiger partial charge in [-0.25, -0.2) is 4.79 Å². The molecule has 3 aromatic carbocycles. The number of benzene rings is 3. The number of carboxylic acid groups (broad SMARTS) is 1. The van der Waals surface area contributed by atoms with Crippen LogP contribution >= 0.6 is 0 Å². The molecule has 0 spiro atoms. The van der Waals surface area contributed by atoms with Crippen LogP contribution in [0.1, 0.15) is 54.7 Å². The highest BCUT2D eigenvalue weighted by molar-refractivity contribution is 5.66. The van der Waals surface area contributed by atoms with Crippen LogP contribution in [0.2, 0.25) is 0 Å². The molecule has 1 saturated heterocycles. The van der Waals surface area contributed by atoms with Gasteiger partial charge in [-0.15, -0.1) is 0 Å². The van der Waals surface area contributed by atoms with Gasteiger partial charge in [0.25, 0.3) is 0 Å². The van der Waals surface area contributed by atoms with Gasteiger partial charge in [-0.3, -0.25) is 0 Å². The molecule has 2 fully saturated rings. The van der Waals surface area contributed by atoms with Gasteiger partial charge in [0.2, 0.25) is 0 Å². The first-order valence-electron chi connectivity index (χ1n) is 13.7. The number of ether oxygens (including phenoxy) is 3. The van der Waals surface area contributed by atoms with Gasteiger partial charge < -0.3 is 24.2 Å². The fraction of sp³-hybridized carbons (Fsp3) is 0.406. The Morgan fingerprint density at radius 2 is 1.39 bits per heavy atom. The molecule has 5 rings (SSSR count). The zero-order valence-electron chi connectivity index (χ0n) is 21.8. The Labute approximate surface area is 225 Å². The molecule has 6 heteroatoms. The lowest BCUT2D eigenvalue weighted by atomic mass is 9.82. The Kier molecular flexibility index (Phi) is 8.94. The molecule has 1 aliphatic carbocycles. The molecule has 3 aromatic rings. The molecule has 2 atom stereocenters. The molecule has 1 heterocycles. The van der Waals surface area contributed by atoms with Crippen molar-refractivity contribution in [2.24, 2.45) is 0 Å². The topological polar surface area (TPSA) is 68.2 Å². The lowest BCUT2D eigenvalue weighted by Gasteiger charge is -2.32. The van der Waals surface area contributed by atoms with Crippen LogP contribution in [0.4, 0.5) is 4.79 Å². The third-order valence-corrected chi connectivity index (χ3v) is 7.81. The Morgan fingerprint density at radius 1 is 0.763 bits per heavy atom. The van der Waals surface area contributed by atoms with Gasteiger partial charge in [0.05, 0.1) is 31.5 Å². The molecule has 0 aromatic heterocycles. The first kappa shape index (κ1) is 26.3. The summed E-state index contributed by atoms with van der Waals surface area (Å²) in [6.45, 7) is 1.89. The monoisotopic (exact) mass is 515 g/mol. The van der Waals surface area contributed by atoms with E-state index in [1.165, 1.54) is 10.5 Å². The van der Waals surface area contributed by atoms with Crippen molar-refractivity contribution in [3.8, 4) is 5.75 Å². The number of hydrogen-bond acceptors (Lipinski definition) is 4. The Balaban J connectivity index is 1.13. The third kappa shape index (κ3) is 6.74. The molecule has 0 bridgehead atoms. The van der Waals surface area contributed by atoms with Crippen molar-refractivity contribution in [1.82, 2.24) is 4.90 Å². The van der Waals surface area contributed by atoms with E-state index < -0.39 is 6.09 Å². The van der Waals surface area contributed by atoms with E-state index in [1.54, 1.807) is 0 Å². The molecule has 1 aliphatic heterocycles. The Hall–Kier alpha value is -3.35. The zero-order valence-corrected chi connectivity index (χ0v) is 21.8. The summed E-state index contributed by atoms with van der Waals surface area (Å²) in [6.07, 6.45) is 3.72. The summed E-state index contributed by atoms with van der Waals surface area (Å²) in [5.41, 5.74) is 3.52. The van der Waals surface area contributed by atoms with E-state index in [0.29, 0.717) is 38.7 Å². The second-order valence-electron chi connectivity index (χ2n) is 10.3. The number of likely N-dealkylation sites (tertiary alicyclic amines) is 1. The van der Waals surface area contributed by atoms with Gasteiger partial charge in [-0.05, 0) is 60.8 Å². The van der Waals surface area contributed by atoms with E-state index in [0.717, 1.165) is 42.6 Å². The molecule has 0 radical (unpaired) electrons. The summed E-state index contributed by atoms with van der Waals surface area (Å²) in [7, 11) is 0. The Bertz CT molecular complexity index is 1150. The third-order valence-electron chi connectivity index (χ3n) is 7.81. The normalized spacial score (nSPS) is 23.3. The van der Waals surface area contributed by atoms with Gasteiger partial charge in [-0.2, -0.15) is 0 Å². The highest BCUT2D eigenvalue weighted by Crippen LogP contribution is 2.39. The number of rotatable bonds is 10. The minimum Gasteiger partial charge on any atom is -0.489 e. The van der Waals surface area contributed by atoms with Crippen LogP contribution in [0.3, 0.4) is 0 Å². The molecule has 2 aliphatic rings. The van der Waals surface area contributed by atoms with Gasteiger partial charge in [0.15, 0.2) is 0 Å². The second-order valence-corrected chi connectivity index (χ2v) is 10.3. The van der Waals surface area contributed by atoms with Crippen molar-refractivity contribution in [1.29, 1.82) is 0 Å². The number of amides is 1. The summed E-state index contributed by atoms with van der Waals surface area (Å²) in [6, 6.07) is 28.3. The maximum Gasteiger partial charge on any atom is 0.407 e. The van der Waals surface area contributed by atoms with E-state index in [-0.39, 0.29) is 18.2 Å². The quantitative estimate of drug-likeness (QED) is 0.328. The summed E-state index contributed by atoms with van der Waals surface area (Å²) in [4.78, 5) is 13.3. The highest BCUT2D eigenvalue weighted by atomic mass is 16.5. The smallest absolute Gasteiger partial charge is 0.407 e. The average molecular weight is 516 g/mol.